The first-order chi connectivity index (χ1) is 12.3. The molecule has 0 aromatic carbocycles. The fourth-order valence-electron chi connectivity index (χ4n) is 2.98. The number of carbonyl (C=O) groups excluding carboxylic acids is 2. The van der Waals surface area contributed by atoms with E-state index in [0.717, 1.165) is 31.9 Å². The lowest BCUT2D eigenvalue weighted by atomic mass is 9.92. The van der Waals surface area contributed by atoms with Gasteiger partial charge in [-0.2, -0.15) is 13.2 Å². The monoisotopic (exact) mass is 375 g/mol. The molecule has 1 saturated carbocycles. The molecular formula is C15H20F3N5O3. The van der Waals surface area contributed by atoms with E-state index in [9.17, 15) is 28.0 Å². The van der Waals surface area contributed by atoms with E-state index in [4.69, 9.17) is 0 Å². The van der Waals surface area contributed by atoms with Crippen LogP contribution in [0, 0.1) is 11.8 Å². The summed E-state index contributed by atoms with van der Waals surface area (Å²) in [6, 6.07) is 0.712. The molecule has 1 heterocycles. The summed E-state index contributed by atoms with van der Waals surface area (Å²) in [4.78, 5) is 29.8. The van der Waals surface area contributed by atoms with Gasteiger partial charge in [-0.3, -0.25) is 25.6 Å². The van der Waals surface area contributed by atoms with Crippen LogP contribution in [0.25, 0.3) is 0 Å². The summed E-state index contributed by atoms with van der Waals surface area (Å²) >= 11 is 0. The predicted octanol–water partition coefficient (Wildman–Crippen LogP) is 1.98. The molecule has 0 saturated heterocycles. The van der Waals surface area contributed by atoms with Gasteiger partial charge in [0.2, 0.25) is 18.3 Å². The van der Waals surface area contributed by atoms with Gasteiger partial charge >= 0.3 is 6.18 Å². The van der Waals surface area contributed by atoms with Crippen LogP contribution in [0.4, 0.5) is 19.1 Å². The Labute approximate surface area is 147 Å². The maximum absolute atomic E-state index is 12.6. The SMILES string of the molecule is O=CN(O)C[C@@H](CC1CCCC1)C(=O)NNc1nccc(C(F)(F)F)n1. The number of carbonyl (C=O) groups is 2. The molecule has 0 spiro atoms. The molecule has 2 rings (SSSR count). The van der Waals surface area contributed by atoms with Gasteiger partial charge in [-0.25, -0.2) is 15.0 Å². The summed E-state index contributed by atoms with van der Waals surface area (Å²) in [5, 5.41) is 9.75. The molecule has 26 heavy (non-hydrogen) atoms. The van der Waals surface area contributed by atoms with Crippen LogP contribution in [0.5, 0.6) is 0 Å². The van der Waals surface area contributed by atoms with Gasteiger partial charge in [0.05, 0.1) is 12.5 Å². The Bertz CT molecular complexity index is 623. The van der Waals surface area contributed by atoms with Gasteiger partial charge < -0.3 is 0 Å². The Kier molecular flexibility index (Phi) is 6.72. The van der Waals surface area contributed by atoms with Crippen molar-refractivity contribution in [2.75, 3.05) is 12.0 Å². The van der Waals surface area contributed by atoms with E-state index < -0.39 is 29.6 Å². The molecule has 1 aromatic heterocycles. The highest BCUT2D eigenvalue weighted by Gasteiger charge is 2.33. The third-order valence-electron chi connectivity index (χ3n) is 4.24. The number of hydrogen-bond donors (Lipinski definition) is 3. The zero-order valence-electron chi connectivity index (χ0n) is 13.9. The number of hydroxylamine groups is 2. The minimum absolute atomic E-state index is 0.193. The van der Waals surface area contributed by atoms with Gasteiger partial charge in [0.15, 0.2) is 0 Å². The molecule has 0 bridgehead atoms. The van der Waals surface area contributed by atoms with E-state index >= 15 is 0 Å². The zero-order chi connectivity index (χ0) is 19.2. The Hall–Kier alpha value is -2.43. The number of rotatable bonds is 8. The highest BCUT2D eigenvalue weighted by Crippen LogP contribution is 2.31. The van der Waals surface area contributed by atoms with Gasteiger partial charge in [-0.15, -0.1) is 0 Å². The van der Waals surface area contributed by atoms with Crippen LogP contribution in [-0.4, -0.2) is 39.1 Å². The fourth-order valence-corrected chi connectivity index (χ4v) is 2.98. The Balaban J connectivity index is 1.98. The molecule has 1 fully saturated rings. The number of hydrogen-bond acceptors (Lipinski definition) is 6. The second-order valence-corrected chi connectivity index (χ2v) is 6.19. The van der Waals surface area contributed by atoms with Crippen molar-refractivity contribution >= 4 is 18.3 Å². The molecule has 144 valence electrons. The van der Waals surface area contributed by atoms with Crippen LogP contribution < -0.4 is 10.9 Å². The van der Waals surface area contributed by atoms with E-state index in [1.54, 1.807) is 0 Å². The minimum atomic E-state index is -4.63. The van der Waals surface area contributed by atoms with Crippen LogP contribution in [0.3, 0.4) is 0 Å². The fraction of sp³-hybridized carbons (Fsp3) is 0.600. The van der Waals surface area contributed by atoms with E-state index in [2.05, 4.69) is 20.8 Å². The summed E-state index contributed by atoms with van der Waals surface area (Å²) in [5.41, 5.74) is 3.35. The Morgan fingerprint density at radius 1 is 1.42 bits per heavy atom. The number of hydrazine groups is 1. The van der Waals surface area contributed by atoms with E-state index in [1.807, 2.05) is 0 Å². The quantitative estimate of drug-likeness (QED) is 0.364. The Morgan fingerprint density at radius 2 is 2.12 bits per heavy atom. The lowest BCUT2D eigenvalue weighted by Gasteiger charge is -2.22. The first kappa shape index (κ1) is 19.9. The lowest BCUT2D eigenvalue weighted by molar-refractivity contribution is -0.154. The van der Waals surface area contributed by atoms with Gasteiger partial charge in [0.1, 0.15) is 5.69 Å². The number of anilines is 1. The van der Waals surface area contributed by atoms with Crippen molar-refractivity contribution in [3.63, 3.8) is 0 Å². The number of amides is 2. The largest absolute Gasteiger partial charge is 0.433 e. The number of alkyl halides is 3. The maximum Gasteiger partial charge on any atom is 0.433 e. The number of aromatic nitrogens is 2. The van der Waals surface area contributed by atoms with Crippen LogP contribution >= 0.6 is 0 Å². The van der Waals surface area contributed by atoms with Gasteiger partial charge in [0.25, 0.3) is 0 Å². The molecule has 11 heteroatoms. The van der Waals surface area contributed by atoms with Crippen molar-refractivity contribution in [2.24, 2.45) is 11.8 Å². The third-order valence-corrected chi connectivity index (χ3v) is 4.24. The maximum atomic E-state index is 12.6. The van der Waals surface area contributed by atoms with Crippen molar-refractivity contribution in [1.29, 1.82) is 0 Å². The molecule has 1 aromatic rings. The molecule has 0 unspecified atom stereocenters. The van der Waals surface area contributed by atoms with Crippen molar-refractivity contribution < 1.29 is 28.0 Å². The van der Waals surface area contributed by atoms with E-state index in [1.165, 1.54) is 0 Å². The number of nitrogens with zero attached hydrogens (tertiary/aromatic N) is 3. The second kappa shape index (κ2) is 8.79. The van der Waals surface area contributed by atoms with Crippen molar-refractivity contribution in [3.8, 4) is 0 Å². The molecule has 2 amide bonds. The molecule has 0 aliphatic heterocycles. The van der Waals surface area contributed by atoms with Crippen molar-refractivity contribution in [3.05, 3.63) is 18.0 Å². The van der Waals surface area contributed by atoms with Crippen molar-refractivity contribution in [2.45, 2.75) is 38.3 Å². The zero-order valence-corrected chi connectivity index (χ0v) is 13.9. The molecule has 0 radical (unpaired) electrons. The summed E-state index contributed by atoms with van der Waals surface area (Å²) in [6.07, 6.45) is 0.983. The van der Waals surface area contributed by atoms with Gasteiger partial charge in [-0.1, -0.05) is 25.7 Å². The Morgan fingerprint density at radius 3 is 2.73 bits per heavy atom. The molecule has 1 aliphatic carbocycles. The average molecular weight is 375 g/mol. The summed E-state index contributed by atoms with van der Waals surface area (Å²) in [7, 11) is 0. The van der Waals surface area contributed by atoms with Crippen LogP contribution in [0.2, 0.25) is 0 Å². The van der Waals surface area contributed by atoms with E-state index in [-0.39, 0.29) is 13.0 Å². The highest BCUT2D eigenvalue weighted by atomic mass is 19.4. The van der Waals surface area contributed by atoms with Gasteiger partial charge in [-0.05, 0) is 18.4 Å². The normalized spacial score (nSPS) is 16.2. The molecule has 1 atom stereocenters. The smallest absolute Gasteiger partial charge is 0.286 e. The topological polar surface area (TPSA) is 107 Å². The van der Waals surface area contributed by atoms with Crippen LogP contribution in [0.15, 0.2) is 12.3 Å². The molecule has 1 aliphatic rings. The summed E-state index contributed by atoms with van der Waals surface area (Å²) in [6.45, 7) is -0.211. The van der Waals surface area contributed by atoms with Crippen LogP contribution in [0.1, 0.15) is 37.8 Å². The molecule has 3 N–H and O–H groups in total. The minimum Gasteiger partial charge on any atom is -0.286 e. The lowest BCUT2D eigenvalue weighted by Crippen LogP contribution is -2.41. The second-order valence-electron chi connectivity index (χ2n) is 6.19. The summed E-state index contributed by atoms with van der Waals surface area (Å²) in [5.74, 6) is -1.40. The number of halogens is 3. The van der Waals surface area contributed by atoms with Gasteiger partial charge in [0, 0.05) is 6.20 Å². The molecule has 8 nitrogen and oxygen atoms in total. The standard InChI is InChI=1S/C15H20F3N5O3/c16-15(17,18)12-5-6-19-14(20-12)22-21-13(25)11(8-23(26)9-24)7-10-3-1-2-4-10/h5-6,9-11,26H,1-4,7-8H2,(H,21,25)(H,19,20,22)/t11-/m1/s1. The van der Waals surface area contributed by atoms with E-state index in [0.29, 0.717) is 23.5 Å². The summed E-state index contributed by atoms with van der Waals surface area (Å²) < 4.78 is 37.9. The first-order valence-corrected chi connectivity index (χ1v) is 8.16. The van der Waals surface area contributed by atoms with Crippen LogP contribution in [-0.2, 0) is 15.8 Å². The first-order valence-electron chi connectivity index (χ1n) is 8.16. The highest BCUT2D eigenvalue weighted by molar-refractivity contribution is 5.80. The average Bonchev–Trinajstić information content (AvgIpc) is 3.11. The predicted molar refractivity (Wildman–Crippen MR) is 83.4 cm³/mol. The molecular weight excluding hydrogens is 355 g/mol. The van der Waals surface area contributed by atoms with Crippen molar-refractivity contribution in [1.82, 2.24) is 20.5 Å². The third kappa shape index (κ3) is 5.83. The number of nitrogens with one attached hydrogen (secondary N) is 2.